The number of ether oxygens (including phenoxy) is 1. The van der Waals surface area contributed by atoms with Crippen LogP contribution in [-0.2, 0) is 13.6 Å². The number of aromatic nitrogens is 3. The quantitative estimate of drug-likeness (QED) is 0.736. The first-order chi connectivity index (χ1) is 8.24. The van der Waals surface area contributed by atoms with E-state index in [4.69, 9.17) is 4.74 Å². The van der Waals surface area contributed by atoms with E-state index in [9.17, 15) is 4.79 Å². The molecular formula is C10H10N4O2S. The van der Waals surface area contributed by atoms with Crippen molar-refractivity contribution in [2.24, 2.45) is 12.0 Å². The Balaban J connectivity index is 1.95. The van der Waals surface area contributed by atoms with Crippen molar-refractivity contribution in [3.05, 3.63) is 28.1 Å². The minimum atomic E-state index is -0.339. The Labute approximate surface area is 101 Å². The Morgan fingerprint density at radius 3 is 3.24 bits per heavy atom. The van der Waals surface area contributed by atoms with Crippen LogP contribution in [0.3, 0.4) is 0 Å². The molecule has 7 heteroatoms. The monoisotopic (exact) mass is 250 g/mol. The molecule has 0 spiro atoms. The highest BCUT2D eigenvalue weighted by Crippen LogP contribution is 2.18. The number of hydrogen-bond acceptors (Lipinski definition) is 4. The topological polar surface area (TPSA) is 61.4 Å². The predicted octanol–water partition coefficient (Wildman–Crippen LogP) is 0.417. The van der Waals surface area contributed by atoms with Gasteiger partial charge in [0.25, 0.3) is 5.91 Å². The molecule has 0 aromatic carbocycles. The third-order valence-electron chi connectivity index (χ3n) is 2.47. The van der Waals surface area contributed by atoms with Crippen LogP contribution in [0.1, 0.15) is 10.5 Å². The van der Waals surface area contributed by atoms with Gasteiger partial charge >= 0.3 is 0 Å². The average Bonchev–Trinajstić information content (AvgIpc) is 2.93. The fourth-order valence-electron chi connectivity index (χ4n) is 1.60. The zero-order valence-corrected chi connectivity index (χ0v) is 9.98. The molecule has 0 aliphatic carbocycles. The number of carbonyl (C=O) groups excluding carboxylic acids is 1. The molecule has 1 amide bonds. The number of rotatable bonds is 1. The zero-order valence-electron chi connectivity index (χ0n) is 9.16. The summed E-state index contributed by atoms with van der Waals surface area (Å²) in [6.45, 7) is 1.31. The van der Waals surface area contributed by atoms with E-state index in [0.29, 0.717) is 29.5 Å². The van der Waals surface area contributed by atoms with Gasteiger partial charge in [0.15, 0.2) is 10.5 Å². The molecule has 0 N–H and O–H groups in total. The molecule has 2 aromatic rings. The van der Waals surface area contributed by atoms with Crippen LogP contribution in [0.15, 0.2) is 22.6 Å². The lowest BCUT2D eigenvalue weighted by Crippen LogP contribution is -2.13. The maximum Gasteiger partial charge on any atom is 0.300 e. The lowest BCUT2D eigenvalue weighted by atomic mass is 10.4. The largest absolute Gasteiger partial charge is 0.476 e. The first-order valence-corrected chi connectivity index (χ1v) is 6.02. The third-order valence-corrected chi connectivity index (χ3v) is 3.32. The fourth-order valence-corrected chi connectivity index (χ4v) is 2.32. The molecule has 3 rings (SSSR count). The van der Waals surface area contributed by atoms with Gasteiger partial charge < -0.3 is 9.30 Å². The van der Waals surface area contributed by atoms with Crippen molar-refractivity contribution in [3.8, 4) is 5.88 Å². The standard InChI is InChI=1S/C10H10N4O2S/c1-13-3-5-17-10(13)11-9(15)7-6-8-14(12-7)2-4-16-8/h3,5-6H,2,4H2,1H3. The highest BCUT2D eigenvalue weighted by atomic mass is 32.1. The summed E-state index contributed by atoms with van der Waals surface area (Å²) in [7, 11) is 1.85. The summed E-state index contributed by atoms with van der Waals surface area (Å²) in [4.78, 5) is 16.5. The van der Waals surface area contributed by atoms with Crippen LogP contribution in [0.4, 0.5) is 0 Å². The van der Waals surface area contributed by atoms with Gasteiger partial charge in [-0.25, -0.2) is 4.68 Å². The lowest BCUT2D eigenvalue weighted by molar-refractivity contribution is 0.0992. The van der Waals surface area contributed by atoms with E-state index >= 15 is 0 Å². The van der Waals surface area contributed by atoms with Gasteiger partial charge in [-0.1, -0.05) is 0 Å². The van der Waals surface area contributed by atoms with Gasteiger partial charge in [-0.15, -0.1) is 11.3 Å². The van der Waals surface area contributed by atoms with Crippen molar-refractivity contribution >= 4 is 17.2 Å². The Bertz CT molecular complexity index is 615. The molecule has 0 bridgehead atoms. The average molecular weight is 250 g/mol. The maximum atomic E-state index is 11.9. The van der Waals surface area contributed by atoms with Crippen molar-refractivity contribution in [1.29, 1.82) is 0 Å². The minimum Gasteiger partial charge on any atom is -0.476 e. The molecular weight excluding hydrogens is 240 g/mol. The molecule has 0 unspecified atom stereocenters. The highest BCUT2D eigenvalue weighted by Gasteiger charge is 2.18. The number of thiazole rings is 1. The van der Waals surface area contributed by atoms with Gasteiger partial charge in [-0.2, -0.15) is 10.1 Å². The van der Waals surface area contributed by atoms with Crippen LogP contribution in [0.5, 0.6) is 5.88 Å². The SMILES string of the molecule is Cn1ccsc1=NC(=O)c1cc2n(n1)CCO2. The highest BCUT2D eigenvalue weighted by molar-refractivity contribution is 7.07. The normalized spacial score (nSPS) is 14.8. The van der Waals surface area contributed by atoms with Crippen LogP contribution in [0.25, 0.3) is 0 Å². The predicted molar refractivity (Wildman–Crippen MR) is 60.9 cm³/mol. The Hall–Kier alpha value is -1.89. The summed E-state index contributed by atoms with van der Waals surface area (Å²) >= 11 is 1.41. The van der Waals surface area contributed by atoms with Gasteiger partial charge in [0.2, 0.25) is 5.88 Å². The maximum absolute atomic E-state index is 11.9. The second kappa shape index (κ2) is 3.85. The van der Waals surface area contributed by atoms with Crippen LogP contribution in [0.2, 0.25) is 0 Å². The summed E-state index contributed by atoms with van der Waals surface area (Å²) in [6, 6.07) is 1.63. The summed E-state index contributed by atoms with van der Waals surface area (Å²) < 4.78 is 8.76. The molecule has 1 aliphatic rings. The van der Waals surface area contributed by atoms with Gasteiger partial charge in [-0.05, 0) is 0 Å². The Kier molecular flexibility index (Phi) is 2.32. The second-order valence-corrected chi connectivity index (χ2v) is 4.53. The first-order valence-electron chi connectivity index (χ1n) is 5.14. The molecule has 0 radical (unpaired) electrons. The molecule has 0 saturated heterocycles. The van der Waals surface area contributed by atoms with Gasteiger partial charge in [0.05, 0.1) is 6.54 Å². The molecule has 0 atom stereocenters. The summed E-state index contributed by atoms with van der Waals surface area (Å²) in [5.41, 5.74) is 0.327. The lowest BCUT2D eigenvalue weighted by Gasteiger charge is -1.90. The molecule has 0 fully saturated rings. The van der Waals surface area contributed by atoms with E-state index in [1.54, 1.807) is 15.3 Å². The van der Waals surface area contributed by atoms with E-state index in [0.717, 1.165) is 0 Å². The van der Waals surface area contributed by atoms with E-state index in [-0.39, 0.29) is 5.91 Å². The molecule has 2 aromatic heterocycles. The summed E-state index contributed by atoms with van der Waals surface area (Å²) in [6.07, 6.45) is 1.85. The number of aryl methyl sites for hydroxylation is 1. The molecule has 6 nitrogen and oxygen atoms in total. The third kappa shape index (κ3) is 1.78. The first kappa shape index (κ1) is 10.3. The van der Waals surface area contributed by atoms with E-state index < -0.39 is 0 Å². The van der Waals surface area contributed by atoms with Gasteiger partial charge in [-0.3, -0.25) is 4.79 Å². The van der Waals surface area contributed by atoms with E-state index in [1.165, 1.54) is 11.3 Å². The van der Waals surface area contributed by atoms with E-state index in [2.05, 4.69) is 10.1 Å². The number of carbonyl (C=O) groups is 1. The second-order valence-electron chi connectivity index (χ2n) is 3.65. The number of amides is 1. The summed E-state index contributed by atoms with van der Waals surface area (Å²) in [5, 5.41) is 6.02. The van der Waals surface area contributed by atoms with Crippen molar-refractivity contribution in [2.75, 3.05) is 6.61 Å². The molecule has 88 valence electrons. The van der Waals surface area contributed by atoms with Crippen LogP contribution >= 0.6 is 11.3 Å². The molecule has 17 heavy (non-hydrogen) atoms. The van der Waals surface area contributed by atoms with Crippen molar-refractivity contribution in [3.63, 3.8) is 0 Å². The van der Waals surface area contributed by atoms with Crippen molar-refractivity contribution in [1.82, 2.24) is 14.3 Å². The number of hydrogen-bond donors (Lipinski definition) is 0. The fraction of sp³-hybridized carbons (Fsp3) is 0.300. The minimum absolute atomic E-state index is 0.327. The Morgan fingerprint density at radius 1 is 1.65 bits per heavy atom. The molecule has 0 saturated carbocycles. The zero-order chi connectivity index (χ0) is 11.8. The van der Waals surface area contributed by atoms with Crippen LogP contribution < -0.4 is 9.54 Å². The number of fused-ring (bicyclic) bond motifs is 1. The van der Waals surface area contributed by atoms with E-state index in [1.807, 2.05) is 18.6 Å². The number of nitrogens with zero attached hydrogens (tertiary/aromatic N) is 4. The van der Waals surface area contributed by atoms with Gasteiger partial charge in [0, 0.05) is 24.7 Å². The van der Waals surface area contributed by atoms with Crippen molar-refractivity contribution < 1.29 is 9.53 Å². The van der Waals surface area contributed by atoms with Crippen LogP contribution in [-0.4, -0.2) is 26.9 Å². The van der Waals surface area contributed by atoms with Gasteiger partial charge in [0.1, 0.15) is 6.61 Å². The smallest absolute Gasteiger partial charge is 0.300 e. The van der Waals surface area contributed by atoms with Crippen molar-refractivity contribution in [2.45, 2.75) is 6.54 Å². The molecule has 1 aliphatic heterocycles. The molecule has 3 heterocycles. The van der Waals surface area contributed by atoms with Crippen LogP contribution in [0, 0.1) is 0 Å². The Morgan fingerprint density at radius 2 is 2.53 bits per heavy atom. The summed E-state index contributed by atoms with van der Waals surface area (Å²) in [5.74, 6) is 0.299.